The van der Waals surface area contributed by atoms with Crippen LogP contribution in [0.25, 0.3) is 0 Å². The molecule has 1 aromatic carbocycles. The number of nitrogens with one attached hydrogen (secondary N) is 1. The SMILES string of the molecule is Cc1ccc([C@@H](C)NC(=O)CN2CCN(CC(=O)N3CCCCC3)CC2)cc1C. The lowest BCUT2D eigenvalue weighted by atomic mass is 10.0. The minimum absolute atomic E-state index is 0.00486. The van der Waals surface area contributed by atoms with Gasteiger partial charge in [0.05, 0.1) is 19.1 Å². The Balaban J connectivity index is 1.38. The van der Waals surface area contributed by atoms with E-state index in [4.69, 9.17) is 0 Å². The van der Waals surface area contributed by atoms with Crippen molar-refractivity contribution in [1.82, 2.24) is 20.0 Å². The van der Waals surface area contributed by atoms with Crippen LogP contribution in [0, 0.1) is 13.8 Å². The summed E-state index contributed by atoms with van der Waals surface area (Å²) in [4.78, 5) is 31.3. The van der Waals surface area contributed by atoms with Crippen LogP contribution in [-0.4, -0.2) is 78.9 Å². The Kier molecular flexibility index (Phi) is 7.67. The van der Waals surface area contributed by atoms with Gasteiger partial charge in [-0.15, -0.1) is 0 Å². The fourth-order valence-electron chi connectivity index (χ4n) is 4.15. The van der Waals surface area contributed by atoms with E-state index in [0.717, 1.165) is 57.7 Å². The fraction of sp³-hybridized carbons (Fsp3) is 0.652. The molecule has 2 amide bonds. The second-order valence-electron chi connectivity index (χ2n) is 8.63. The van der Waals surface area contributed by atoms with Crippen LogP contribution >= 0.6 is 0 Å². The van der Waals surface area contributed by atoms with E-state index in [1.54, 1.807) is 0 Å². The highest BCUT2D eigenvalue weighted by Gasteiger charge is 2.24. The maximum absolute atomic E-state index is 12.5. The predicted octanol–water partition coefficient (Wildman–Crippen LogP) is 2.11. The predicted molar refractivity (Wildman–Crippen MR) is 116 cm³/mol. The fourth-order valence-corrected chi connectivity index (χ4v) is 4.15. The van der Waals surface area contributed by atoms with Gasteiger partial charge in [0, 0.05) is 39.3 Å². The number of likely N-dealkylation sites (tertiary alicyclic amines) is 1. The van der Waals surface area contributed by atoms with Crippen LogP contribution in [0.3, 0.4) is 0 Å². The topological polar surface area (TPSA) is 55.9 Å². The van der Waals surface area contributed by atoms with Crippen LogP contribution in [0.15, 0.2) is 18.2 Å². The molecule has 160 valence electrons. The third-order valence-corrected chi connectivity index (χ3v) is 6.31. The Morgan fingerprint density at radius 2 is 1.52 bits per heavy atom. The average Bonchev–Trinajstić information content (AvgIpc) is 2.72. The maximum Gasteiger partial charge on any atom is 0.236 e. The van der Waals surface area contributed by atoms with Crippen molar-refractivity contribution in [2.75, 3.05) is 52.4 Å². The molecule has 0 saturated carbocycles. The van der Waals surface area contributed by atoms with Crippen LogP contribution in [0.5, 0.6) is 0 Å². The normalized spacial score (nSPS) is 19.8. The number of hydrogen-bond donors (Lipinski definition) is 1. The lowest BCUT2D eigenvalue weighted by Gasteiger charge is -2.35. The summed E-state index contributed by atoms with van der Waals surface area (Å²) < 4.78 is 0. The average molecular weight is 401 g/mol. The molecule has 2 aliphatic rings. The molecule has 2 saturated heterocycles. The summed E-state index contributed by atoms with van der Waals surface area (Å²) in [7, 11) is 0. The van der Waals surface area contributed by atoms with Crippen LogP contribution in [0.1, 0.15) is 48.9 Å². The lowest BCUT2D eigenvalue weighted by Crippen LogP contribution is -2.52. The van der Waals surface area contributed by atoms with E-state index in [0.29, 0.717) is 13.1 Å². The molecule has 2 fully saturated rings. The van der Waals surface area contributed by atoms with Gasteiger partial charge < -0.3 is 10.2 Å². The monoisotopic (exact) mass is 400 g/mol. The van der Waals surface area contributed by atoms with Gasteiger partial charge in [-0.25, -0.2) is 0 Å². The highest BCUT2D eigenvalue weighted by molar-refractivity contribution is 5.79. The van der Waals surface area contributed by atoms with Crippen LogP contribution in [0.4, 0.5) is 0 Å². The van der Waals surface area contributed by atoms with Crippen molar-refractivity contribution in [3.05, 3.63) is 34.9 Å². The van der Waals surface area contributed by atoms with Gasteiger partial charge in [-0.1, -0.05) is 18.2 Å². The first kappa shape index (κ1) is 21.8. The number of nitrogens with zero attached hydrogens (tertiary/aromatic N) is 3. The number of piperidine rings is 1. The number of carbonyl (C=O) groups is 2. The summed E-state index contributed by atoms with van der Waals surface area (Å²) in [6.45, 7) is 12.4. The Morgan fingerprint density at radius 1 is 0.897 bits per heavy atom. The molecular formula is C23H36N4O2. The minimum Gasteiger partial charge on any atom is -0.348 e. The van der Waals surface area contributed by atoms with Crippen molar-refractivity contribution in [2.45, 2.75) is 46.1 Å². The van der Waals surface area contributed by atoms with Crippen LogP contribution in [-0.2, 0) is 9.59 Å². The highest BCUT2D eigenvalue weighted by atomic mass is 16.2. The van der Waals surface area contributed by atoms with E-state index in [-0.39, 0.29) is 17.9 Å². The molecule has 2 aliphatic heterocycles. The second kappa shape index (κ2) is 10.2. The Morgan fingerprint density at radius 3 is 2.14 bits per heavy atom. The van der Waals surface area contributed by atoms with E-state index in [2.05, 4.69) is 47.2 Å². The summed E-state index contributed by atoms with van der Waals surface area (Å²) in [6, 6.07) is 6.35. The first-order chi connectivity index (χ1) is 13.9. The van der Waals surface area contributed by atoms with E-state index in [1.807, 2.05) is 11.8 Å². The van der Waals surface area contributed by atoms with E-state index >= 15 is 0 Å². The second-order valence-corrected chi connectivity index (χ2v) is 8.63. The molecule has 29 heavy (non-hydrogen) atoms. The Hall–Kier alpha value is -1.92. The van der Waals surface area contributed by atoms with Gasteiger partial charge in [-0.3, -0.25) is 19.4 Å². The molecule has 6 nitrogen and oxygen atoms in total. The molecule has 1 aromatic rings. The van der Waals surface area contributed by atoms with E-state index in [1.165, 1.54) is 17.5 Å². The van der Waals surface area contributed by atoms with E-state index in [9.17, 15) is 9.59 Å². The largest absolute Gasteiger partial charge is 0.348 e. The van der Waals surface area contributed by atoms with Gasteiger partial charge in [-0.2, -0.15) is 0 Å². The molecule has 0 aliphatic carbocycles. The van der Waals surface area contributed by atoms with Gasteiger partial charge in [0.15, 0.2) is 0 Å². The van der Waals surface area contributed by atoms with Crippen LogP contribution < -0.4 is 5.32 Å². The van der Waals surface area contributed by atoms with Gasteiger partial charge in [0.25, 0.3) is 0 Å². The summed E-state index contributed by atoms with van der Waals surface area (Å²) >= 11 is 0. The summed E-state index contributed by atoms with van der Waals surface area (Å²) in [5.41, 5.74) is 3.66. The molecule has 0 aromatic heterocycles. The number of benzene rings is 1. The van der Waals surface area contributed by atoms with Gasteiger partial charge in [0.2, 0.25) is 11.8 Å². The smallest absolute Gasteiger partial charge is 0.236 e. The molecule has 1 atom stereocenters. The van der Waals surface area contributed by atoms with Gasteiger partial charge >= 0.3 is 0 Å². The lowest BCUT2D eigenvalue weighted by molar-refractivity contribution is -0.134. The number of rotatable bonds is 6. The zero-order valence-corrected chi connectivity index (χ0v) is 18.2. The summed E-state index contributed by atoms with van der Waals surface area (Å²) in [5.74, 6) is 0.326. The molecule has 0 radical (unpaired) electrons. The van der Waals surface area contributed by atoms with Crippen molar-refractivity contribution in [3.8, 4) is 0 Å². The quantitative estimate of drug-likeness (QED) is 0.795. The number of piperazine rings is 1. The first-order valence-electron chi connectivity index (χ1n) is 11.0. The number of aryl methyl sites for hydroxylation is 2. The Bertz CT molecular complexity index is 707. The highest BCUT2D eigenvalue weighted by Crippen LogP contribution is 2.17. The standard InChI is InChI=1S/C23H36N4O2/c1-18-7-8-21(15-19(18)2)20(3)24-22(28)16-25-11-13-26(14-12-25)17-23(29)27-9-5-4-6-10-27/h7-8,15,20H,4-6,9-14,16-17H2,1-3H3,(H,24,28)/t20-/m1/s1. The van der Waals surface area contributed by atoms with Crippen molar-refractivity contribution < 1.29 is 9.59 Å². The molecule has 3 rings (SSSR count). The van der Waals surface area contributed by atoms with Crippen molar-refractivity contribution in [1.29, 1.82) is 0 Å². The Labute approximate surface area is 175 Å². The zero-order chi connectivity index (χ0) is 20.8. The van der Waals surface area contributed by atoms with Crippen LogP contribution in [0.2, 0.25) is 0 Å². The minimum atomic E-state index is 0.00486. The number of hydrogen-bond acceptors (Lipinski definition) is 4. The van der Waals surface area contributed by atoms with Gasteiger partial charge in [0.1, 0.15) is 0 Å². The van der Waals surface area contributed by atoms with Crippen molar-refractivity contribution >= 4 is 11.8 Å². The molecule has 1 N–H and O–H groups in total. The van der Waals surface area contributed by atoms with Crippen molar-refractivity contribution in [2.24, 2.45) is 0 Å². The zero-order valence-electron chi connectivity index (χ0n) is 18.2. The molecule has 2 heterocycles. The number of carbonyl (C=O) groups excluding carboxylic acids is 2. The third kappa shape index (κ3) is 6.28. The number of amides is 2. The molecular weight excluding hydrogens is 364 g/mol. The molecule has 0 unspecified atom stereocenters. The first-order valence-corrected chi connectivity index (χ1v) is 11.0. The van der Waals surface area contributed by atoms with Crippen molar-refractivity contribution in [3.63, 3.8) is 0 Å². The third-order valence-electron chi connectivity index (χ3n) is 6.31. The summed E-state index contributed by atoms with van der Waals surface area (Å²) in [6.07, 6.45) is 3.51. The molecule has 0 spiro atoms. The molecule has 0 bridgehead atoms. The van der Waals surface area contributed by atoms with E-state index < -0.39 is 0 Å². The maximum atomic E-state index is 12.5. The van der Waals surface area contributed by atoms with Gasteiger partial charge in [-0.05, 0) is 56.7 Å². The summed E-state index contributed by atoms with van der Waals surface area (Å²) in [5, 5.41) is 3.12. The molecule has 6 heteroatoms.